The Morgan fingerprint density at radius 3 is 3.00 bits per heavy atom. The Balaban J connectivity index is 2.04. The second-order valence-corrected chi connectivity index (χ2v) is 4.07. The van der Waals surface area contributed by atoms with E-state index < -0.39 is 0 Å². The molecule has 1 aliphatic rings. The standard InChI is InChI=1S/C12H20N4/c1-2-6-15-12-11(14-8-9-16-12)10-5-3-4-7-13-10/h3-5,7,11-12,14-16H,2,6,8-9H2,1H3. The van der Waals surface area contributed by atoms with Crippen LogP contribution in [0.15, 0.2) is 24.4 Å². The molecule has 0 amide bonds. The molecule has 1 fully saturated rings. The molecule has 2 unspecified atom stereocenters. The Hall–Kier alpha value is -0.970. The van der Waals surface area contributed by atoms with E-state index in [1.165, 1.54) is 0 Å². The minimum atomic E-state index is 0.265. The predicted octanol–water partition coefficient (Wildman–Crippen LogP) is 0.641. The predicted molar refractivity (Wildman–Crippen MR) is 65.1 cm³/mol. The van der Waals surface area contributed by atoms with E-state index in [1.807, 2.05) is 18.3 Å². The van der Waals surface area contributed by atoms with E-state index in [9.17, 15) is 0 Å². The molecule has 0 radical (unpaired) electrons. The first-order valence-corrected chi connectivity index (χ1v) is 6.03. The summed E-state index contributed by atoms with van der Waals surface area (Å²) in [6, 6.07) is 6.33. The quantitative estimate of drug-likeness (QED) is 0.697. The molecule has 1 aromatic rings. The van der Waals surface area contributed by atoms with E-state index in [0.717, 1.165) is 31.7 Å². The number of hydrogen-bond acceptors (Lipinski definition) is 4. The van der Waals surface area contributed by atoms with Gasteiger partial charge in [0.2, 0.25) is 0 Å². The number of nitrogens with one attached hydrogen (secondary N) is 3. The van der Waals surface area contributed by atoms with Crippen LogP contribution in [0.5, 0.6) is 0 Å². The molecule has 0 bridgehead atoms. The third kappa shape index (κ3) is 2.78. The lowest BCUT2D eigenvalue weighted by Crippen LogP contribution is -2.57. The first kappa shape index (κ1) is 11.5. The van der Waals surface area contributed by atoms with Crippen molar-refractivity contribution in [3.05, 3.63) is 30.1 Å². The summed E-state index contributed by atoms with van der Waals surface area (Å²) in [7, 11) is 0. The molecule has 4 heteroatoms. The molecule has 2 heterocycles. The Morgan fingerprint density at radius 1 is 1.38 bits per heavy atom. The van der Waals surface area contributed by atoms with Crippen LogP contribution in [0.25, 0.3) is 0 Å². The Labute approximate surface area is 96.8 Å². The fourth-order valence-electron chi connectivity index (χ4n) is 2.02. The summed E-state index contributed by atoms with van der Waals surface area (Å²) < 4.78 is 0. The maximum atomic E-state index is 4.42. The Morgan fingerprint density at radius 2 is 2.25 bits per heavy atom. The number of nitrogens with zero attached hydrogens (tertiary/aromatic N) is 1. The lowest BCUT2D eigenvalue weighted by atomic mass is 10.1. The number of rotatable bonds is 4. The first-order chi connectivity index (χ1) is 7.92. The minimum absolute atomic E-state index is 0.265. The van der Waals surface area contributed by atoms with Crippen LogP contribution >= 0.6 is 0 Å². The zero-order chi connectivity index (χ0) is 11.2. The highest BCUT2D eigenvalue weighted by Crippen LogP contribution is 2.14. The van der Waals surface area contributed by atoms with E-state index in [-0.39, 0.29) is 12.2 Å². The van der Waals surface area contributed by atoms with Gasteiger partial charge in [0.05, 0.1) is 17.9 Å². The molecule has 16 heavy (non-hydrogen) atoms. The molecule has 2 atom stereocenters. The van der Waals surface area contributed by atoms with E-state index in [4.69, 9.17) is 0 Å². The van der Waals surface area contributed by atoms with Crippen molar-refractivity contribution >= 4 is 0 Å². The van der Waals surface area contributed by atoms with E-state index in [0.29, 0.717) is 0 Å². The molecule has 1 aromatic heterocycles. The number of aromatic nitrogens is 1. The SMILES string of the molecule is CCCNC1NCCNC1c1ccccn1. The zero-order valence-electron chi connectivity index (χ0n) is 9.74. The molecule has 0 saturated carbocycles. The van der Waals surface area contributed by atoms with Gasteiger partial charge in [-0.2, -0.15) is 0 Å². The van der Waals surface area contributed by atoms with Crippen LogP contribution in [0.3, 0.4) is 0 Å². The van der Waals surface area contributed by atoms with E-state index in [1.54, 1.807) is 0 Å². The van der Waals surface area contributed by atoms with Gasteiger partial charge in [0.15, 0.2) is 0 Å². The van der Waals surface area contributed by atoms with Gasteiger partial charge in [-0.05, 0) is 25.1 Å². The van der Waals surface area contributed by atoms with Crippen molar-refractivity contribution in [1.82, 2.24) is 20.9 Å². The summed E-state index contributed by atoms with van der Waals surface area (Å²) in [6.45, 7) is 5.21. The van der Waals surface area contributed by atoms with Crippen LogP contribution in [0.2, 0.25) is 0 Å². The van der Waals surface area contributed by atoms with Crippen molar-refractivity contribution in [3.8, 4) is 0 Å². The molecule has 0 aliphatic carbocycles. The summed E-state index contributed by atoms with van der Waals surface area (Å²) in [6.07, 6.45) is 3.28. The molecule has 3 N–H and O–H groups in total. The highest BCUT2D eigenvalue weighted by molar-refractivity contribution is 5.12. The normalized spacial score (nSPS) is 25.6. The van der Waals surface area contributed by atoms with Crippen LogP contribution in [0, 0.1) is 0 Å². The minimum Gasteiger partial charge on any atom is -0.305 e. The molecular formula is C12H20N4. The fourth-order valence-corrected chi connectivity index (χ4v) is 2.02. The summed E-state index contributed by atoms with van der Waals surface area (Å²) >= 11 is 0. The van der Waals surface area contributed by atoms with Crippen molar-refractivity contribution < 1.29 is 0 Å². The second-order valence-electron chi connectivity index (χ2n) is 4.07. The summed E-state index contributed by atoms with van der Waals surface area (Å²) in [5.74, 6) is 0. The lowest BCUT2D eigenvalue weighted by molar-refractivity contribution is 0.277. The topological polar surface area (TPSA) is 49.0 Å². The zero-order valence-corrected chi connectivity index (χ0v) is 9.74. The van der Waals surface area contributed by atoms with Crippen molar-refractivity contribution in [2.75, 3.05) is 19.6 Å². The Kier molecular flexibility index (Phi) is 4.27. The molecule has 4 nitrogen and oxygen atoms in total. The summed E-state index contributed by atoms with van der Waals surface area (Å²) in [5.41, 5.74) is 1.10. The van der Waals surface area contributed by atoms with Crippen LogP contribution in [-0.2, 0) is 0 Å². The highest BCUT2D eigenvalue weighted by atomic mass is 15.2. The van der Waals surface area contributed by atoms with Crippen molar-refractivity contribution in [1.29, 1.82) is 0 Å². The number of piperazine rings is 1. The van der Waals surface area contributed by atoms with Crippen LogP contribution in [0.4, 0.5) is 0 Å². The molecule has 0 aromatic carbocycles. The highest BCUT2D eigenvalue weighted by Gasteiger charge is 2.25. The summed E-state index contributed by atoms with van der Waals surface area (Å²) in [4.78, 5) is 4.42. The fraction of sp³-hybridized carbons (Fsp3) is 0.583. The van der Waals surface area contributed by atoms with Crippen LogP contribution < -0.4 is 16.0 Å². The molecule has 1 saturated heterocycles. The van der Waals surface area contributed by atoms with Gasteiger partial charge in [-0.3, -0.25) is 10.3 Å². The maximum Gasteiger partial charge on any atom is 0.0789 e. The molecule has 0 spiro atoms. The lowest BCUT2D eigenvalue weighted by Gasteiger charge is -2.34. The first-order valence-electron chi connectivity index (χ1n) is 6.03. The van der Waals surface area contributed by atoms with Gasteiger partial charge in [0.1, 0.15) is 0 Å². The van der Waals surface area contributed by atoms with E-state index in [2.05, 4.69) is 33.9 Å². The van der Waals surface area contributed by atoms with Gasteiger partial charge in [0.25, 0.3) is 0 Å². The number of pyridine rings is 1. The largest absolute Gasteiger partial charge is 0.305 e. The van der Waals surface area contributed by atoms with Gasteiger partial charge in [-0.1, -0.05) is 13.0 Å². The smallest absolute Gasteiger partial charge is 0.0789 e. The molecular weight excluding hydrogens is 200 g/mol. The Bertz CT molecular complexity index is 301. The van der Waals surface area contributed by atoms with Crippen LogP contribution in [-0.4, -0.2) is 30.8 Å². The molecule has 2 rings (SSSR count). The third-order valence-electron chi connectivity index (χ3n) is 2.81. The van der Waals surface area contributed by atoms with Gasteiger partial charge in [-0.15, -0.1) is 0 Å². The van der Waals surface area contributed by atoms with Crippen molar-refractivity contribution in [2.24, 2.45) is 0 Å². The van der Waals surface area contributed by atoms with Gasteiger partial charge in [-0.25, -0.2) is 0 Å². The average Bonchev–Trinajstić information content (AvgIpc) is 2.38. The second kappa shape index (κ2) is 5.94. The monoisotopic (exact) mass is 220 g/mol. The van der Waals surface area contributed by atoms with Crippen molar-refractivity contribution in [3.63, 3.8) is 0 Å². The van der Waals surface area contributed by atoms with Gasteiger partial charge in [0, 0.05) is 19.3 Å². The maximum absolute atomic E-state index is 4.42. The van der Waals surface area contributed by atoms with Crippen molar-refractivity contribution in [2.45, 2.75) is 25.6 Å². The van der Waals surface area contributed by atoms with Gasteiger partial charge < -0.3 is 10.6 Å². The van der Waals surface area contributed by atoms with E-state index >= 15 is 0 Å². The molecule has 88 valence electrons. The molecule has 1 aliphatic heterocycles. The summed E-state index contributed by atoms with van der Waals surface area (Å²) in [5, 5.41) is 10.5. The van der Waals surface area contributed by atoms with Gasteiger partial charge >= 0.3 is 0 Å². The number of hydrogen-bond donors (Lipinski definition) is 3. The third-order valence-corrected chi connectivity index (χ3v) is 2.81. The average molecular weight is 220 g/mol. The van der Waals surface area contributed by atoms with Crippen LogP contribution in [0.1, 0.15) is 25.1 Å².